The van der Waals surface area contributed by atoms with Crippen LogP contribution in [0.25, 0.3) is 0 Å². The first-order valence-corrected chi connectivity index (χ1v) is 8.39. The number of aliphatic imine (C=N–C) groups is 1. The number of rotatable bonds is 7. The van der Waals surface area contributed by atoms with Crippen LogP contribution in [0.2, 0.25) is 0 Å². The second kappa shape index (κ2) is 11.7. The van der Waals surface area contributed by atoms with Crippen LogP contribution in [0.5, 0.6) is 5.88 Å². The summed E-state index contributed by atoms with van der Waals surface area (Å²) in [6.45, 7) is 5.66. The van der Waals surface area contributed by atoms with E-state index < -0.39 is 0 Å². The zero-order chi connectivity index (χ0) is 18.1. The number of ether oxygens (including phenoxy) is 1. The number of nitrogens with one attached hydrogen (secondary N) is 2. The molecule has 0 atom stereocenters. The lowest BCUT2D eigenvalue weighted by Gasteiger charge is -2.12. The maximum absolute atomic E-state index is 13.3. The molecule has 5 nitrogen and oxygen atoms in total. The minimum absolute atomic E-state index is 0. The molecule has 7 heteroatoms. The summed E-state index contributed by atoms with van der Waals surface area (Å²) >= 11 is 0. The van der Waals surface area contributed by atoms with Gasteiger partial charge < -0.3 is 15.4 Å². The summed E-state index contributed by atoms with van der Waals surface area (Å²) in [6, 6.07) is 8.91. The predicted molar refractivity (Wildman–Crippen MR) is 114 cm³/mol. The highest BCUT2D eigenvalue weighted by molar-refractivity contribution is 14.0. The van der Waals surface area contributed by atoms with E-state index in [2.05, 4.69) is 27.5 Å². The number of aromatic nitrogens is 1. The summed E-state index contributed by atoms with van der Waals surface area (Å²) < 4.78 is 18.8. The lowest BCUT2D eigenvalue weighted by molar-refractivity contribution is 0.305. The van der Waals surface area contributed by atoms with Crippen LogP contribution in [0.1, 0.15) is 30.0 Å². The zero-order valence-corrected chi connectivity index (χ0v) is 17.7. The third-order valence-corrected chi connectivity index (χ3v) is 3.62. The van der Waals surface area contributed by atoms with Crippen LogP contribution < -0.4 is 15.4 Å². The quantitative estimate of drug-likeness (QED) is 0.366. The molecule has 1 heterocycles. The Morgan fingerprint density at radius 3 is 2.42 bits per heavy atom. The number of hydrogen-bond acceptors (Lipinski definition) is 3. The SMILES string of the molecule is CCCOc1ccc(CNC(=NC)NCc2ccc(F)c(C)c2)cn1.I. The van der Waals surface area contributed by atoms with Gasteiger partial charge in [-0.3, -0.25) is 4.99 Å². The van der Waals surface area contributed by atoms with Crippen molar-refractivity contribution in [2.75, 3.05) is 13.7 Å². The van der Waals surface area contributed by atoms with Gasteiger partial charge in [-0.15, -0.1) is 24.0 Å². The zero-order valence-electron chi connectivity index (χ0n) is 15.4. The molecule has 0 aliphatic rings. The number of guanidine groups is 1. The van der Waals surface area contributed by atoms with Gasteiger partial charge in [0.15, 0.2) is 5.96 Å². The standard InChI is InChI=1S/C19H25FN4O.HI/c1-4-9-25-18-8-6-16(12-22-18)13-24-19(21-3)23-11-15-5-7-17(20)14(2)10-15;/h5-8,10,12H,4,9,11,13H2,1-3H3,(H2,21,23,24);1H. The Hall–Kier alpha value is -1.90. The Bertz CT molecular complexity index is 707. The van der Waals surface area contributed by atoms with E-state index in [-0.39, 0.29) is 29.8 Å². The number of nitrogens with zero attached hydrogens (tertiary/aromatic N) is 2. The summed E-state index contributed by atoms with van der Waals surface area (Å²) in [5.74, 6) is 1.12. The van der Waals surface area contributed by atoms with Crippen molar-refractivity contribution in [2.24, 2.45) is 4.99 Å². The molecule has 0 aliphatic carbocycles. The van der Waals surface area contributed by atoms with Gasteiger partial charge in [-0.1, -0.05) is 25.1 Å². The molecule has 0 spiro atoms. The van der Waals surface area contributed by atoms with Crippen molar-refractivity contribution in [2.45, 2.75) is 33.4 Å². The average molecular weight is 472 g/mol. The molecule has 0 fully saturated rings. The Morgan fingerprint density at radius 1 is 1.15 bits per heavy atom. The van der Waals surface area contributed by atoms with E-state index in [1.165, 1.54) is 6.07 Å². The van der Waals surface area contributed by atoms with Gasteiger partial charge >= 0.3 is 0 Å². The maximum atomic E-state index is 13.3. The topological polar surface area (TPSA) is 58.5 Å². The van der Waals surface area contributed by atoms with E-state index in [1.807, 2.05) is 18.2 Å². The van der Waals surface area contributed by atoms with Crippen LogP contribution in [0.3, 0.4) is 0 Å². The lowest BCUT2D eigenvalue weighted by Crippen LogP contribution is -2.36. The fourth-order valence-electron chi connectivity index (χ4n) is 2.22. The largest absolute Gasteiger partial charge is 0.478 e. The predicted octanol–water partition coefficient (Wildman–Crippen LogP) is 3.80. The minimum Gasteiger partial charge on any atom is -0.478 e. The van der Waals surface area contributed by atoms with E-state index in [0.717, 1.165) is 17.5 Å². The maximum Gasteiger partial charge on any atom is 0.213 e. The van der Waals surface area contributed by atoms with Gasteiger partial charge in [0, 0.05) is 32.4 Å². The summed E-state index contributed by atoms with van der Waals surface area (Å²) in [5, 5.41) is 6.44. The molecule has 0 saturated heterocycles. The Balaban J connectivity index is 0.00000338. The first-order valence-electron chi connectivity index (χ1n) is 8.39. The van der Waals surface area contributed by atoms with Gasteiger partial charge in [0.2, 0.25) is 5.88 Å². The van der Waals surface area contributed by atoms with E-state index in [1.54, 1.807) is 26.2 Å². The normalized spacial score (nSPS) is 10.8. The van der Waals surface area contributed by atoms with E-state index in [9.17, 15) is 4.39 Å². The van der Waals surface area contributed by atoms with Gasteiger partial charge in [0.05, 0.1) is 6.61 Å². The van der Waals surface area contributed by atoms with Crippen molar-refractivity contribution in [1.29, 1.82) is 0 Å². The molecular weight excluding hydrogens is 446 g/mol. The number of benzene rings is 1. The van der Waals surface area contributed by atoms with Crippen LogP contribution in [0, 0.1) is 12.7 Å². The Labute approximate surface area is 171 Å². The summed E-state index contributed by atoms with van der Waals surface area (Å²) in [5.41, 5.74) is 2.67. The number of aryl methyl sites for hydroxylation is 1. The van der Waals surface area contributed by atoms with Crippen molar-refractivity contribution < 1.29 is 9.13 Å². The fourth-order valence-corrected chi connectivity index (χ4v) is 2.22. The molecule has 0 aliphatic heterocycles. The first kappa shape index (κ1) is 22.1. The van der Waals surface area contributed by atoms with Crippen LogP contribution >= 0.6 is 24.0 Å². The van der Waals surface area contributed by atoms with Gasteiger partial charge in [0.1, 0.15) is 5.82 Å². The highest BCUT2D eigenvalue weighted by Crippen LogP contribution is 2.09. The lowest BCUT2D eigenvalue weighted by atomic mass is 10.1. The van der Waals surface area contributed by atoms with Crippen LogP contribution in [0.15, 0.2) is 41.5 Å². The number of halogens is 2. The highest BCUT2D eigenvalue weighted by atomic mass is 127. The van der Waals surface area contributed by atoms with Gasteiger partial charge in [-0.2, -0.15) is 0 Å². The molecule has 2 aromatic rings. The molecule has 142 valence electrons. The summed E-state index contributed by atoms with van der Waals surface area (Å²) in [4.78, 5) is 8.46. The first-order chi connectivity index (χ1) is 12.1. The highest BCUT2D eigenvalue weighted by Gasteiger charge is 2.02. The number of pyridine rings is 1. The molecule has 1 aromatic carbocycles. The summed E-state index contributed by atoms with van der Waals surface area (Å²) in [7, 11) is 1.71. The Kier molecular flexibility index (Phi) is 9.93. The van der Waals surface area contributed by atoms with E-state index >= 15 is 0 Å². The minimum atomic E-state index is -0.190. The monoisotopic (exact) mass is 472 g/mol. The van der Waals surface area contributed by atoms with Crippen molar-refractivity contribution in [3.05, 3.63) is 59.0 Å². The molecule has 26 heavy (non-hydrogen) atoms. The van der Waals surface area contributed by atoms with Crippen molar-refractivity contribution in [3.8, 4) is 5.88 Å². The molecule has 1 aromatic heterocycles. The molecule has 0 radical (unpaired) electrons. The van der Waals surface area contributed by atoms with Crippen LogP contribution in [-0.2, 0) is 13.1 Å². The third kappa shape index (κ3) is 7.15. The molecule has 0 unspecified atom stereocenters. The van der Waals surface area contributed by atoms with Crippen molar-refractivity contribution >= 4 is 29.9 Å². The number of hydrogen-bond donors (Lipinski definition) is 2. The van der Waals surface area contributed by atoms with E-state index in [0.29, 0.717) is 37.1 Å². The second-order valence-electron chi connectivity index (χ2n) is 5.72. The van der Waals surface area contributed by atoms with Crippen LogP contribution in [0.4, 0.5) is 4.39 Å². The molecule has 0 saturated carbocycles. The van der Waals surface area contributed by atoms with Gasteiger partial charge in [0.25, 0.3) is 0 Å². The van der Waals surface area contributed by atoms with Crippen molar-refractivity contribution in [1.82, 2.24) is 15.6 Å². The van der Waals surface area contributed by atoms with Gasteiger partial charge in [-0.25, -0.2) is 9.37 Å². The van der Waals surface area contributed by atoms with E-state index in [4.69, 9.17) is 4.74 Å². The Morgan fingerprint density at radius 2 is 1.85 bits per heavy atom. The summed E-state index contributed by atoms with van der Waals surface area (Å²) in [6.07, 6.45) is 2.75. The molecule has 0 amide bonds. The third-order valence-electron chi connectivity index (χ3n) is 3.62. The molecular formula is C19H26FIN4O. The van der Waals surface area contributed by atoms with Crippen LogP contribution in [-0.4, -0.2) is 24.6 Å². The molecule has 0 bridgehead atoms. The second-order valence-corrected chi connectivity index (χ2v) is 5.72. The smallest absolute Gasteiger partial charge is 0.213 e. The molecule has 2 N–H and O–H groups in total. The molecule has 2 rings (SSSR count). The average Bonchev–Trinajstić information content (AvgIpc) is 2.64. The van der Waals surface area contributed by atoms with Crippen molar-refractivity contribution in [3.63, 3.8) is 0 Å². The fraction of sp³-hybridized carbons (Fsp3) is 0.368. The van der Waals surface area contributed by atoms with Gasteiger partial charge in [-0.05, 0) is 36.1 Å².